The second kappa shape index (κ2) is 10.2. The van der Waals surface area contributed by atoms with Gasteiger partial charge in [0.1, 0.15) is 11.5 Å². The van der Waals surface area contributed by atoms with Gasteiger partial charge in [0.15, 0.2) is 6.61 Å². The maximum atomic E-state index is 13.3. The molecule has 37 heavy (non-hydrogen) atoms. The van der Waals surface area contributed by atoms with E-state index in [9.17, 15) is 9.59 Å². The van der Waals surface area contributed by atoms with Crippen molar-refractivity contribution >= 4 is 28.2 Å². The first kappa shape index (κ1) is 24.1. The molecule has 5 rings (SSSR count). The van der Waals surface area contributed by atoms with Crippen molar-refractivity contribution in [3.05, 3.63) is 119 Å². The molecular formula is C31H28N2O4. The number of ether oxygens (including phenoxy) is 1. The molecule has 0 aliphatic heterocycles. The number of Topliss-reactive ketones (excluding diaryl/α,β-unsaturated/α-hetero) is 1. The van der Waals surface area contributed by atoms with Gasteiger partial charge in [-0.15, -0.1) is 0 Å². The summed E-state index contributed by atoms with van der Waals surface area (Å²) in [5, 5.41) is 4.82. The minimum atomic E-state index is -0.292. The molecule has 6 nitrogen and oxygen atoms in total. The standard InChI is InChI=1S/C31H28N2O4/c1-20-9-4-7-13-28(20)32-31(35)27-16-23-10-5-6-11-24(23)17-30(27)37-19-29(34)26-15-21(2)33(22(26)3)18-25-12-8-14-36-25/h4-17H,18-19H2,1-3H3,(H,32,35). The van der Waals surface area contributed by atoms with E-state index < -0.39 is 0 Å². The van der Waals surface area contributed by atoms with Crippen LogP contribution in [0.1, 0.15) is 43.4 Å². The largest absolute Gasteiger partial charge is 0.485 e. The first-order chi connectivity index (χ1) is 17.9. The number of anilines is 1. The van der Waals surface area contributed by atoms with Crippen molar-refractivity contribution in [1.29, 1.82) is 0 Å². The molecule has 6 heteroatoms. The molecule has 1 N–H and O–H groups in total. The summed E-state index contributed by atoms with van der Waals surface area (Å²) in [5.41, 5.74) is 4.46. The molecule has 0 unspecified atom stereocenters. The number of ketones is 1. The highest BCUT2D eigenvalue weighted by molar-refractivity contribution is 6.09. The fourth-order valence-corrected chi connectivity index (χ4v) is 4.53. The Balaban J connectivity index is 1.40. The van der Waals surface area contributed by atoms with E-state index in [1.165, 1.54) is 0 Å². The first-order valence-electron chi connectivity index (χ1n) is 12.2. The summed E-state index contributed by atoms with van der Waals surface area (Å²) in [4.78, 5) is 26.5. The van der Waals surface area contributed by atoms with E-state index in [0.717, 1.165) is 39.2 Å². The number of hydrogen-bond acceptors (Lipinski definition) is 4. The molecule has 0 radical (unpaired) electrons. The van der Waals surface area contributed by atoms with Gasteiger partial charge in [0, 0.05) is 22.6 Å². The smallest absolute Gasteiger partial charge is 0.259 e. The molecule has 0 aliphatic carbocycles. The van der Waals surface area contributed by atoms with Crippen LogP contribution in [0.3, 0.4) is 0 Å². The normalized spacial score (nSPS) is 11.0. The summed E-state index contributed by atoms with van der Waals surface area (Å²) >= 11 is 0. The lowest BCUT2D eigenvalue weighted by atomic mass is 10.0. The zero-order valence-corrected chi connectivity index (χ0v) is 21.1. The molecule has 0 atom stereocenters. The third-order valence-electron chi connectivity index (χ3n) is 6.61. The molecule has 2 heterocycles. The van der Waals surface area contributed by atoms with Crippen LogP contribution < -0.4 is 10.1 Å². The number of benzene rings is 3. The maximum Gasteiger partial charge on any atom is 0.259 e. The van der Waals surface area contributed by atoms with Crippen molar-refractivity contribution in [2.75, 3.05) is 11.9 Å². The molecular weight excluding hydrogens is 464 g/mol. The Morgan fingerprint density at radius 1 is 0.865 bits per heavy atom. The van der Waals surface area contributed by atoms with Gasteiger partial charge in [0.25, 0.3) is 5.91 Å². The highest BCUT2D eigenvalue weighted by atomic mass is 16.5. The van der Waals surface area contributed by atoms with E-state index >= 15 is 0 Å². The average molecular weight is 493 g/mol. The summed E-state index contributed by atoms with van der Waals surface area (Å²) in [6.07, 6.45) is 1.64. The summed E-state index contributed by atoms with van der Waals surface area (Å²) in [5.74, 6) is 0.733. The fourth-order valence-electron chi connectivity index (χ4n) is 4.53. The van der Waals surface area contributed by atoms with Crippen LogP contribution in [-0.2, 0) is 6.54 Å². The molecule has 0 aliphatic rings. The Bertz CT molecular complexity index is 1600. The van der Waals surface area contributed by atoms with Crippen molar-refractivity contribution in [3.8, 4) is 5.75 Å². The molecule has 5 aromatic rings. The van der Waals surface area contributed by atoms with Crippen molar-refractivity contribution < 1.29 is 18.7 Å². The van der Waals surface area contributed by atoms with E-state index in [2.05, 4.69) is 5.32 Å². The fraction of sp³-hybridized carbons (Fsp3) is 0.161. The van der Waals surface area contributed by atoms with E-state index in [1.54, 1.807) is 12.3 Å². The number of rotatable bonds is 8. The van der Waals surface area contributed by atoms with Crippen LogP contribution in [-0.4, -0.2) is 22.9 Å². The van der Waals surface area contributed by atoms with Crippen LogP contribution in [0.4, 0.5) is 5.69 Å². The first-order valence-corrected chi connectivity index (χ1v) is 12.2. The summed E-state index contributed by atoms with van der Waals surface area (Å²) in [7, 11) is 0. The predicted octanol–water partition coefficient (Wildman–Crippen LogP) is 6.72. The van der Waals surface area contributed by atoms with Crippen molar-refractivity contribution in [1.82, 2.24) is 4.57 Å². The number of nitrogens with zero attached hydrogens (tertiary/aromatic N) is 1. The SMILES string of the molecule is Cc1ccccc1NC(=O)c1cc2ccccc2cc1OCC(=O)c1cc(C)n(Cc2ccco2)c1C. The maximum absolute atomic E-state index is 13.3. The Morgan fingerprint density at radius 2 is 1.59 bits per heavy atom. The number of fused-ring (bicyclic) bond motifs is 1. The molecule has 3 aromatic carbocycles. The van der Waals surface area contributed by atoms with Crippen molar-refractivity contribution in [2.45, 2.75) is 27.3 Å². The third kappa shape index (κ3) is 5.05. The molecule has 0 bridgehead atoms. The number of carbonyl (C=O) groups is 2. The van der Waals surface area contributed by atoms with E-state index in [-0.39, 0.29) is 18.3 Å². The Labute approximate surface area is 215 Å². The molecule has 2 aromatic heterocycles. The monoisotopic (exact) mass is 492 g/mol. The van der Waals surface area contributed by atoms with Gasteiger partial charge in [0.2, 0.25) is 5.78 Å². The second-order valence-electron chi connectivity index (χ2n) is 9.13. The van der Waals surface area contributed by atoms with Gasteiger partial charge in [-0.05, 0) is 73.5 Å². The molecule has 1 amide bonds. The average Bonchev–Trinajstić information content (AvgIpc) is 3.52. The lowest BCUT2D eigenvalue weighted by molar-refractivity contribution is 0.0913. The Hall–Kier alpha value is -4.58. The summed E-state index contributed by atoms with van der Waals surface area (Å²) in [6, 6.07) is 24.6. The number of amides is 1. The number of para-hydroxylation sites is 1. The molecule has 0 saturated heterocycles. The number of furan rings is 1. The van der Waals surface area contributed by atoms with Crippen molar-refractivity contribution in [2.24, 2.45) is 0 Å². The topological polar surface area (TPSA) is 73.5 Å². The lowest BCUT2D eigenvalue weighted by Crippen LogP contribution is -2.17. The number of aryl methyl sites for hydroxylation is 2. The summed E-state index contributed by atoms with van der Waals surface area (Å²) in [6.45, 7) is 6.18. The second-order valence-corrected chi connectivity index (χ2v) is 9.13. The van der Waals surface area contributed by atoms with E-state index in [4.69, 9.17) is 9.15 Å². The van der Waals surface area contributed by atoms with Gasteiger partial charge < -0.3 is 19.0 Å². The number of nitrogens with one attached hydrogen (secondary N) is 1. The molecule has 0 saturated carbocycles. The molecule has 186 valence electrons. The van der Waals surface area contributed by atoms with Gasteiger partial charge >= 0.3 is 0 Å². The Morgan fingerprint density at radius 3 is 2.32 bits per heavy atom. The number of aromatic nitrogens is 1. The van der Waals surface area contributed by atoms with Crippen LogP contribution in [0.2, 0.25) is 0 Å². The van der Waals surface area contributed by atoms with E-state index in [1.807, 2.05) is 98.1 Å². The lowest BCUT2D eigenvalue weighted by Gasteiger charge is -2.14. The van der Waals surface area contributed by atoms with Gasteiger partial charge in [-0.1, -0.05) is 42.5 Å². The van der Waals surface area contributed by atoms with Crippen LogP contribution in [0.15, 0.2) is 89.5 Å². The zero-order valence-electron chi connectivity index (χ0n) is 21.1. The molecule has 0 fully saturated rings. The zero-order chi connectivity index (χ0) is 25.9. The van der Waals surface area contributed by atoms with Gasteiger partial charge in [-0.25, -0.2) is 0 Å². The molecule has 0 spiro atoms. The Kier molecular flexibility index (Phi) is 6.64. The number of carbonyl (C=O) groups excluding carboxylic acids is 2. The van der Waals surface area contributed by atoms with Crippen LogP contribution >= 0.6 is 0 Å². The van der Waals surface area contributed by atoms with E-state index in [0.29, 0.717) is 23.4 Å². The summed E-state index contributed by atoms with van der Waals surface area (Å²) < 4.78 is 13.5. The van der Waals surface area contributed by atoms with Gasteiger partial charge in [-0.2, -0.15) is 0 Å². The van der Waals surface area contributed by atoms with Gasteiger partial charge in [-0.3, -0.25) is 9.59 Å². The minimum absolute atomic E-state index is 0.155. The van der Waals surface area contributed by atoms with Crippen LogP contribution in [0.25, 0.3) is 10.8 Å². The highest BCUT2D eigenvalue weighted by Gasteiger charge is 2.20. The minimum Gasteiger partial charge on any atom is -0.485 e. The van der Waals surface area contributed by atoms with Crippen LogP contribution in [0, 0.1) is 20.8 Å². The number of hydrogen-bond donors (Lipinski definition) is 1. The third-order valence-corrected chi connectivity index (χ3v) is 6.61. The quantitative estimate of drug-likeness (QED) is 0.244. The van der Waals surface area contributed by atoms with Crippen LogP contribution in [0.5, 0.6) is 5.75 Å². The predicted molar refractivity (Wildman–Crippen MR) is 145 cm³/mol. The van der Waals surface area contributed by atoms with Crippen molar-refractivity contribution in [3.63, 3.8) is 0 Å². The van der Waals surface area contributed by atoms with Gasteiger partial charge in [0.05, 0.1) is 18.4 Å². The highest BCUT2D eigenvalue weighted by Crippen LogP contribution is 2.28.